The molecule has 1 unspecified atom stereocenters. The fourth-order valence-corrected chi connectivity index (χ4v) is 7.80. The summed E-state index contributed by atoms with van der Waals surface area (Å²) in [7, 11) is -0.936. The zero-order valence-corrected chi connectivity index (χ0v) is 29.4. The van der Waals surface area contributed by atoms with Crippen molar-refractivity contribution in [3.8, 4) is 0 Å². The fourth-order valence-electron chi connectivity index (χ4n) is 4.61. The van der Waals surface area contributed by atoms with Crippen molar-refractivity contribution in [2.45, 2.75) is 78.2 Å². The number of nitrogen functional groups attached to an aromatic ring is 1. The molecule has 0 radical (unpaired) electrons. The summed E-state index contributed by atoms with van der Waals surface area (Å²) in [6, 6.07) is 0. The maximum absolute atomic E-state index is 16.5. The summed E-state index contributed by atoms with van der Waals surface area (Å²) in [6.07, 6.45) is -2.71. The van der Waals surface area contributed by atoms with Crippen molar-refractivity contribution in [3.63, 3.8) is 0 Å². The van der Waals surface area contributed by atoms with E-state index in [1.165, 1.54) is 10.9 Å². The number of anilines is 2. The highest BCUT2D eigenvalue weighted by molar-refractivity contribution is 8.14. The predicted octanol–water partition coefficient (Wildman–Crippen LogP) is 3.98. The number of nitrogens with zero attached hydrogens (tertiary/aromatic N) is 5. The topological polar surface area (TPSA) is 181 Å². The number of carbonyl (C=O) groups is 2. The molecule has 0 bridgehead atoms. The maximum atomic E-state index is 16.5. The maximum Gasteiger partial charge on any atom is 0.475 e. The highest BCUT2D eigenvalue weighted by atomic mass is 32.2. The van der Waals surface area contributed by atoms with Crippen molar-refractivity contribution in [1.29, 1.82) is 0 Å². The number of fused-ring (bicyclic) bond motifs is 2. The Morgan fingerprint density at radius 2 is 1.64 bits per heavy atom. The molecule has 2 aliphatic rings. The molecule has 5 atom stereocenters. The molecule has 3 N–H and O–H groups in total. The number of nitrogens with two attached hydrogens (primary N) is 1. The van der Waals surface area contributed by atoms with Crippen LogP contribution in [-0.4, -0.2) is 97.1 Å². The van der Waals surface area contributed by atoms with Gasteiger partial charge in [0.1, 0.15) is 12.2 Å². The molecule has 0 amide bonds. The van der Waals surface area contributed by atoms with Crippen LogP contribution in [-0.2, 0) is 32.5 Å². The highest BCUT2D eigenvalue weighted by Crippen LogP contribution is 2.67. The summed E-state index contributed by atoms with van der Waals surface area (Å²) in [5, 5.41) is 11.3. The Morgan fingerprint density at radius 3 is 2.09 bits per heavy atom. The van der Waals surface area contributed by atoms with Crippen LogP contribution in [0.2, 0.25) is 0 Å². The first-order chi connectivity index (χ1) is 20.6. The second-order valence-electron chi connectivity index (χ2n) is 13.3. The van der Waals surface area contributed by atoms with Crippen molar-refractivity contribution >= 4 is 64.5 Å². The van der Waals surface area contributed by atoms with Crippen LogP contribution in [0.25, 0.3) is 11.2 Å². The number of aliphatic hydroxyl groups is 1. The molecule has 1 aliphatic carbocycles. The summed E-state index contributed by atoms with van der Waals surface area (Å²) in [5.41, 5.74) is 0.562. The zero-order chi connectivity index (χ0) is 33.8. The molecular weight excluding hydrogens is 650 g/mol. The molecule has 3 heterocycles. The van der Waals surface area contributed by atoms with Crippen molar-refractivity contribution in [3.05, 3.63) is 6.33 Å². The van der Waals surface area contributed by atoms with E-state index in [1.54, 1.807) is 60.5 Å². The molecule has 2 aromatic rings. The van der Waals surface area contributed by atoms with E-state index in [1.807, 2.05) is 0 Å². The smallest absolute Gasteiger partial charge is 0.381 e. The number of rotatable bonds is 12. The molecule has 1 saturated carbocycles. The van der Waals surface area contributed by atoms with Crippen molar-refractivity contribution in [2.24, 2.45) is 10.8 Å². The van der Waals surface area contributed by atoms with Gasteiger partial charge in [0.25, 0.3) is 0 Å². The summed E-state index contributed by atoms with van der Waals surface area (Å²) in [5.74, 6) is 0.654. The molecule has 0 spiro atoms. The Labute approximate surface area is 270 Å². The van der Waals surface area contributed by atoms with Crippen LogP contribution >= 0.6 is 31.3 Å². The van der Waals surface area contributed by atoms with E-state index >= 15 is 4.39 Å². The lowest BCUT2D eigenvalue weighted by atomic mass is 9.97. The van der Waals surface area contributed by atoms with Crippen LogP contribution in [0.4, 0.5) is 16.2 Å². The van der Waals surface area contributed by atoms with Gasteiger partial charge in [0.15, 0.2) is 44.7 Å². The minimum atomic E-state index is -4.43. The second kappa shape index (κ2) is 12.6. The van der Waals surface area contributed by atoms with E-state index in [9.17, 15) is 19.3 Å². The van der Waals surface area contributed by atoms with Crippen LogP contribution in [0.15, 0.2) is 6.33 Å². The number of aromatic nitrogens is 4. The third-order valence-corrected chi connectivity index (χ3v) is 11.2. The Kier molecular flexibility index (Phi) is 10.1. The number of hydrogen-bond donors (Lipinski definition) is 2. The zero-order valence-electron chi connectivity index (χ0n) is 26.9. The van der Waals surface area contributed by atoms with Gasteiger partial charge in [0.2, 0.25) is 5.95 Å². The number of ether oxygens (including phenoxy) is 1. The summed E-state index contributed by atoms with van der Waals surface area (Å²) in [4.78, 5) is 39.0. The van der Waals surface area contributed by atoms with Gasteiger partial charge < -0.3 is 20.5 Å². The van der Waals surface area contributed by atoms with Gasteiger partial charge in [-0.05, 0) is 6.92 Å². The van der Waals surface area contributed by atoms with Crippen LogP contribution in [0.5, 0.6) is 0 Å². The summed E-state index contributed by atoms with van der Waals surface area (Å²) >= 11 is 2.01. The van der Waals surface area contributed by atoms with Crippen molar-refractivity contribution in [1.82, 2.24) is 19.5 Å². The Morgan fingerprint density at radius 1 is 1.11 bits per heavy atom. The van der Waals surface area contributed by atoms with Crippen LogP contribution < -0.4 is 10.6 Å². The molecule has 1 saturated heterocycles. The van der Waals surface area contributed by atoms with E-state index in [-0.39, 0.29) is 46.5 Å². The van der Waals surface area contributed by atoms with E-state index in [0.29, 0.717) is 11.3 Å². The van der Waals surface area contributed by atoms with Gasteiger partial charge in [0, 0.05) is 36.4 Å². The quantitative estimate of drug-likeness (QED) is 0.241. The first-order valence-electron chi connectivity index (χ1n) is 14.3. The first kappa shape index (κ1) is 36.0. The lowest BCUT2D eigenvalue weighted by Gasteiger charge is -2.31. The molecule has 2 aromatic heterocycles. The molecular formula is C27H42FN6O8PS2. The SMILES string of the molecule is CN(C)c1nc(N)nc2c1ncn2[C@@H]1O[C@@H]2C(OP(=O)(OCCSC(=O)C(C)(C)C)OCCSC(=O)C(C)(C)C)[C@]2(O)[C@@]1(C)F. The van der Waals surface area contributed by atoms with Gasteiger partial charge in [-0.25, -0.2) is 13.9 Å². The van der Waals surface area contributed by atoms with Gasteiger partial charge in [-0.1, -0.05) is 65.1 Å². The lowest BCUT2D eigenvalue weighted by molar-refractivity contribution is -0.118. The van der Waals surface area contributed by atoms with Crippen LogP contribution in [0, 0.1) is 10.8 Å². The highest BCUT2D eigenvalue weighted by Gasteiger charge is 2.85. The van der Waals surface area contributed by atoms with Gasteiger partial charge in [-0.2, -0.15) is 9.97 Å². The summed E-state index contributed by atoms with van der Waals surface area (Å²) in [6.45, 7) is 11.4. The lowest BCUT2D eigenvalue weighted by Crippen LogP contribution is -2.45. The molecule has 1 aliphatic heterocycles. The molecule has 252 valence electrons. The first-order valence-corrected chi connectivity index (χ1v) is 17.7. The van der Waals surface area contributed by atoms with E-state index in [0.717, 1.165) is 30.4 Å². The van der Waals surface area contributed by atoms with E-state index in [4.69, 9.17) is 24.0 Å². The Balaban J connectivity index is 1.49. The van der Waals surface area contributed by atoms with Crippen molar-refractivity contribution < 1.29 is 42.0 Å². The molecule has 45 heavy (non-hydrogen) atoms. The molecule has 18 heteroatoms. The third kappa shape index (κ3) is 7.20. The van der Waals surface area contributed by atoms with Crippen LogP contribution in [0.3, 0.4) is 0 Å². The van der Waals surface area contributed by atoms with Crippen molar-refractivity contribution in [2.75, 3.05) is 49.4 Å². The number of halogens is 1. The number of alkyl halides is 1. The number of imidazole rings is 1. The number of phosphoric ester groups is 1. The number of carbonyl (C=O) groups excluding carboxylic acids is 2. The number of hydrogen-bond acceptors (Lipinski definition) is 15. The Hall–Kier alpha value is -1.85. The predicted molar refractivity (Wildman–Crippen MR) is 171 cm³/mol. The number of thioether (sulfide) groups is 2. The largest absolute Gasteiger partial charge is 0.475 e. The molecule has 14 nitrogen and oxygen atoms in total. The normalized spacial score (nSPS) is 26.7. The average Bonchev–Trinajstić information content (AvgIpc) is 3.17. The monoisotopic (exact) mass is 692 g/mol. The van der Waals surface area contributed by atoms with Gasteiger partial charge in [-0.3, -0.25) is 27.7 Å². The minimum absolute atomic E-state index is 0.0587. The average molecular weight is 693 g/mol. The minimum Gasteiger partial charge on any atom is -0.381 e. The third-order valence-electron chi connectivity index (χ3n) is 7.25. The van der Waals surface area contributed by atoms with Gasteiger partial charge >= 0.3 is 7.82 Å². The molecule has 2 fully saturated rings. The Bertz CT molecular complexity index is 1460. The van der Waals surface area contributed by atoms with Gasteiger partial charge in [-0.15, -0.1) is 0 Å². The van der Waals surface area contributed by atoms with E-state index < -0.39 is 48.4 Å². The fraction of sp³-hybridized carbons (Fsp3) is 0.741. The van der Waals surface area contributed by atoms with E-state index in [2.05, 4.69) is 15.0 Å². The molecule has 0 aromatic carbocycles. The molecule has 4 rings (SSSR count). The van der Waals surface area contributed by atoms with Crippen LogP contribution in [0.1, 0.15) is 54.7 Å². The second-order valence-corrected chi connectivity index (χ2v) is 17.1. The summed E-state index contributed by atoms with van der Waals surface area (Å²) < 4.78 is 54.2. The standard InChI is InChI=1S/C27H42FN6O8PS2/c1-24(2,3)21(35)44-12-10-39-43(38,40-11-13-45-22(36)25(4,5)6)42-17-16-27(17,37)26(7,28)20(41-16)34-14-30-15-18(33(8)9)31-23(29)32-19(15)34/h14,16-17,20,37H,10-13H2,1-9H3,(H2,29,31,32)/t16-,17?,20-,26+,27+/m1/s1. The van der Waals surface area contributed by atoms with Gasteiger partial charge in [0.05, 0.1) is 19.5 Å². The number of phosphoric acid groups is 1.